The summed E-state index contributed by atoms with van der Waals surface area (Å²) in [6.07, 6.45) is 9.45. The van der Waals surface area contributed by atoms with Crippen LogP contribution in [0.5, 0.6) is 0 Å². The van der Waals surface area contributed by atoms with Crippen molar-refractivity contribution in [2.75, 3.05) is 13.1 Å². The SMILES string of the molecule is CCCCC(CCC)N1CCC(C)NC(C)CC1. The van der Waals surface area contributed by atoms with E-state index in [1.165, 1.54) is 58.0 Å². The van der Waals surface area contributed by atoms with Gasteiger partial charge in [0.15, 0.2) is 0 Å². The van der Waals surface area contributed by atoms with Crippen molar-refractivity contribution in [3.63, 3.8) is 0 Å². The number of unbranched alkanes of at least 4 members (excludes halogenated alkanes) is 1. The van der Waals surface area contributed by atoms with Crippen LogP contribution in [0.2, 0.25) is 0 Å². The fourth-order valence-corrected chi connectivity index (χ4v) is 3.13. The van der Waals surface area contributed by atoms with Crippen molar-refractivity contribution in [1.29, 1.82) is 0 Å². The van der Waals surface area contributed by atoms with E-state index in [-0.39, 0.29) is 0 Å². The van der Waals surface area contributed by atoms with Crippen molar-refractivity contribution in [3.05, 3.63) is 0 Å². The molecule has 1 N–H and O–H groups in total. The highest BCUT2D eigenvalue weighted by Gasteiger charge is 2.21. The van der Waals surface area contributed by atoms with Crippen molar-refractivity contribution < 1.29 is 0 Å². The molecular weight excluding hydrogens is 220 g/mol. The van der Waals surface area contributed by atoms with Gasteiger partial charge >= 0.3 is 0 Å². The molecule has 0 radical (unpaired) electrons. The standard InChI is InChI=1S/C16H34N2/c1-5-7-9-16(8-6-2)18-12-10-14(3)17-15(4)11-13-18/h14-17H,5-13H2,1-4H3. The first-order valence-corrected chi connectivity index (χ1v) is 8.17. The molecule has 3 unspecified atom stereocenters. The second-order valence-corrected chi connectivity index (χ2v) is 6.17. The van der Waals surface area contributed by atoms with E-state index in [0.29, 0.717) is 12.1 Å². The molecule has 1 aliphatic rings. The highest BCUT2D eigenvalue weighted by Crippen LogP contribution is 2.18. The molecular formula is C16H34N2. The molecule has 0 saturated carbocycles. The average Bonchev–Trinajstić information content (AvgIpc) is 2.33. The second-order valence-electron chi connectivity index (χ2n) is 6.17. The van der Waals surface area contributed by atoms with Crippen molar-refractivity contribution in [2.24, 2.45) is 0 Å². The monoisotopic (exact) mass is 254 g/mol. The summed E-state index contributed by atoms with van der Waals surface area (Å²) < 4.78 is 0. The van der Waals surface area contributed by atoms with Crippen LogP contribution in [0.25, 0.3) is 0 Å². The van der Waals surface area contributed by atoms with Gasteiger partial charge in [-0.25, -0.2) is 0 Å². The molecule has 1 heterocycles. The number of nitrogens with zero attached hydrogens (tertiary/aromatic N) is 1. The third-order valence-electron chi connectivity index (χ3n) is 4.30. The number of hydrogen-bond acceptors (Lipinski definition) is 2. The predicted octanol–water partition coefficient (Wildman–Crippen LogP) is 3.81. The molecule has 1 saturated heterocycles. The molecule has 0 aromatic carbocycles. The Labute approximate surface area is 115 Å². The lowest BCUT2D eigenvalue weighted by molar-refractivity contribution is 0.145. The molecule has 0 aliphatic carbocycles. The van der Waals surface area contributed by atoms with E-state index in [2.05, 4.69) is 37.9 Å². The van der Waals surface area contributed by atoms with Gasteiger partial charge in [0, 0.05) is 18.1 Å². The fraction of sp³-hybridized carbons (Fsp3) is 1.00. The second kappa shape index (κ2) is 8.92. The maximum absolute atomic E-state index is 3.69. The summed E-state index contributed by atoms with van der Waals surface area (Å²) in [6, 6.07) is 2.19. The maximum atomic E-state index is 3.69. The minimum atomic E-state index is 0.677. The van der Waals surface area contributed by atoms with Crippen LogP contribution in [0.1, 0.15) is 72.6 Å². The zero-order chi connectivity index (χ0) is 13.4. The number of hydrogen-bond donors (Lipinski definition) is 1. The summed E-state index contributed by atoms with van der Waals surface area (Å²) in [5.74, 6) is 0. The molecule has 1 rings (SSSR count). The van der Waals surface area contributed by atoms with E-state index >= 15 is 0 Å². The summed E-state index contributed by atoms with van der Waals surface area (Å²) >= 11 is 0. The molecule has 0 bridgehead atoms. The summed E-state index contributed by atoms with van der Waals surface area (Å²) in [5.41, 5.74) is 0. The van der Waals surface area contributed by atoms with E-state index in [0.717, 1.165) is 6.04 Å². The molecule has 2 nitrogen and oxygen atoms in total. The quantitative estimate of drug-likeness (QED) is 0.775. The van der Waals surface area contributed by atoms with Gasteiger partial charge in [0.05, 0.1) is 0 Å². The van der Waals surface area contributed by atoms with E-state index in [1.807, 2.05) is 0 Å². The molecule has 0 aromatic rings. The fourth-order valence-electron chi connectivity index (χ4n) is 3.13. The van der Waals surface area contributed by atoms with E-state index < -0.39 is 0 Å². The third kappa shape index (κ3) is 5.71. The minimum Gasteiger partial charge on any atom is -0.312 e. The molecule has 0 spiro atoms. The Morgan fingerprint density at radius 1 is 1.00 bits per heavy atom. The largest absolute Gasteiger partial charge is 0.312 e. The average molecular weight is 254 g/mol. The van der Waals surface area contributed by atoms with Crippen molar-refractivity contribution in [2.45, 2.75) is 90.8 Å². The number of nitrogens with one attached hydrogen (secondary N) is 1. The van der Waals surface area contributed by atoms with Crippen LogP contribution < -0.4 is 5.32 Å². The van der Waals surface area contributed by atoms with Crippen LogP contribution in [0.15, 0.2) is 0 Å². The van der Waals surface area contributed by atoms with Crippen LogP contribution in [0.4, 0.5) is 0 Å². The zero-order valence-corrected chi connectivity index (χ0v) is 13.0. The van der Waals surface area contributed by atoms with Gasteiger partial charge in [-0.1, -0.05) is 33.1 Å². The lowest BCUT2D eigenvalue weighted by Crippen LogP contribution is -2.46. The molecule has 2 heteroatoms. The summed E-state index contributed by atoms with van der Waals surface area (Å²) in [7, 11) is 0. The Hall–Kier alpha value is -0.0800. The summed E-state index contributed by atoms with van der Waals surface area (Å²) in [6.45, 7) is 11.9. The van der Waals surface area contributed by atoms with Gasteiger partial charge in [-0.15, -0.1) is 0 Å². The first kappa shape index (κ1) is 16.0. The Kier molecular flexibility index (Phi) is 7.92. The normalized spacial score (nSPS) is 28.7. The molecule has 108 valence electrons. The van der Waals surface area contributed by atoms with Gasteiger partial charge in [0.2, 0.25) is 0 Å². The molecule has 1 fully saturated rings. The van der Waals surface area contributed by atoms with Crippen molar-refractivity contribution in [3.8, 4) is 0 Å². The maximum Gasteiger partial charge on any atom is 0.00951 e. The highest BCUT2D eigenvalue weighted by atomic mass is 15.2. The van der Waals surface area contributed by atoms with Crippen LogP contribution >= 0.6 is 0 Å². The number of rotatable bonds is 6. The zero-order valence-electron chi connectivity index (χ0n) is 13.0. The van der Waals surface area contributed by atoms with Crippen LogP contribution in [-0.2, 0) is 0 Å². The van der Waals surface area contributed by atoms with E-state index in [1.54, 1.807) is 0 Å². The van der Waals surface area contributed by atoms with Gasteiger partial charge in [-0.3, -0.25) is 0 Å². The van der Waals surface area contributed by atoms with Crippen LogP contribution in [-0.4, -0.2) is 36.1 Å². The Morgan fingerprint density at radius 2 is 1.61 bits per heavy atom. The summed E-state index contributed by atoms with van der Waals surface area (Å²) in [4.78, 5) is 2.78. The molecule has 3 atom stereocenters. The lowest BCUT2D eigenvalue weighted by atomic mass is 10.0. The highest BCUT2D eigenvalue weighted by molar-refractivity contribution is 4.79. The van der Waals surface area contributed by atoms with Crippen molar-refractivity contribution >= 4 is 0 Å². The Bertz CT molecular complexity index is 193. The van der Waals surface area contributed by atoms with Gasteiger partial charge in [0.1, 0.15) is 0 Å². The smallest absolute Gasteiger partial charge is 0.00951 e. The van der Waals surface area contributed by atoms with E-state index in [4.69, 9.17) is 0 Å². The lowest BCUT2D eigenvalue weighted by Gasteiger charge is -2.36. The van der Waals surface area contributed by atoms with Gasteiger partial charge in [-0.05, 0) is 52.6 Å². The molecule has 1 aliphatic heterocycles. The Balaban J connectivity index is 2.51. The molecule has 18 heavy (non-hydrogen) atoms. The predicted molar refractivity (Wildman–Crippen MR) is 81.1 cm³/mol. The Morgan fingerprint density at radius 3 is 2.11 bits per heavy atom. The first-order chi connectivity index (χ1) is 8.67. The first-order valence-electron chi connectivity index (χ1n) is 8.17. The minimum absolute atomic E-state index is 0.677. The van der Waals surface area contributed by atoms with E-state index in [9.17, 15) is 0 Å². The van der Waals surface area contributed by atoms with Gasteiger partial charge in [-0.2, -0.15) is 0 Å². The molecule has 0 amide bonds. The van der Waals surface area contributed by atoms with Gasteiger partial charge < -0.3 is 10.2 Å². The van der Waals surface area contributed by atoms with Crippen LogP contribution in [0, 0.1) is 0 Å². The summed E-state index contributed by atoms with van der Waals surface area (Å²) in [5, 5.41) is 3.69. The third-order valence-corrected chi connectivity index (χ3v) is 4.30. The van der Waals surface area contributed by atoms with Crippen LogP contribution in [0.3, 0.4) is 0 Å². The topological polar surface area (TPSA) is 15.3 Å². The van der Waals surface area contributed by atoms with Gasteiger partial charge in [0.25, 0.3) is 0 Å². The van der Waals surface area contributed by atoms with Crippen molar-refractivity contribution in [1.82, 2.24) is 10.2 Å². The molecule has 0 aromatic heterocycles.